The third-order valence-electron chi connectivity index (χ3n) is 4.07. The average Bonchev–Trinajstić information content (AvgIpc) is 2.89. The van der Waals surface area contributed by atoms with Gasteiger partial charge in [0.15, 0.2) is 0 Å². The average molecular weight is 287 g/mol. The Kier molecular flexibility index (Phi) is 3.38. The molecule has 0 fully saturated rings. The molecule has 6 radical (unpaired) electrons. The Morgan fingerprint density at radius 1 is 1.23 bits per heavy atom. The van der Waals surface area contributed by atoms with Crippen molar-refractivity contribution in [1.82, 2.24) is 20.0 Å². The number of aromatic nitrogens is 4. The van der Waals surface area contributed by atoms with Gasteiger partial charge in [0.25, 0.3) is 0 Å². The molecule has 0 saturated heterocycles. The van der Waals surface area contributed by atoms with Crippen LogP contribution in [0.5, 0.6) is 0 Å². The van der Waals surface area contributed by atoms with Gasteiger partial charge < -0.3 is 4.90 Å². The van der Waals surface area contributed by atoms with Gasteiger partial charge in [0.1, 0.15) is 11.4 Å². The van der Waals surface area contributed by atoms with Gasteiger partial charge in [-0.2, -0.15) is 10.2 Å². The predicted molar refractivity (Wildman–Crippen MR) is 89.4 cm³/mol. The zero-order valence-electron chi connectivity index (χ0n) is 13.3. The van der Waals surface area contributed by atoms with E-state index >= 15 is 0 Å². The molecule has 1 atom stereocenters. The number of fused-ring (bicyclic) bond motifs is 3. The summed E-state index contributed by atoms with van der Waals surface area (Å²) in [6.07, 6.45) is 1.79. The van der Waals surface area contributed by atoms with Gasteiger partial charge in [-0.3, -0.25) is 4.98 Å². The first-order valence-corrected chi connectivity index (χ1v) is 7.28. The molecule has 0 aromatic carbocycles. The zero-order chi connectivity index (χ0) is 16.2. The second-order valence-corrected chi connectivity index (χ2v) is 6.14. The Labute approximate surface area is 134 Å². The van der Waals surface area contributed by atoms with Crippen molar-refractivity contribution >= 4 is 29.2 Å². The van der Waals surface area contributed by atoms with Crippen LogP contribution in [0.25, 0.3) is 11.3 Å². The van der Waals surface area contributed by atoms with E-state index in [1.807, 2.05) is 13.1 Å². The van der Waals surface area contributed by atoms with Crippen LogP contribution < -0.4 is 4.90 Å². The fraction of sp³-hybridized carbons (Fsp3) is 0.500. The highest BCUT2D eigenvalue weighted by Crippen LogP contribution is 2.44. The summed E-state index contributed by atoms with van der Waals surface area (Å²) < 4.78 is 0. The maximum atomic E-state index is 5.71. The van der Waals surface area contributed by atoms with E-state index in [9.17, 15) is 0 Å². The Morgan fingerprint density at radius 3 is 2.50 bits per heavy atom. The molecule has 0 N–H and O–H groups in total. The summed E-state index contributed by atoms with van der Waals surface area (Å²) >= 11 is 0. The summed E-state index contributed by atoms with van der Waals surface area (Å²) in [4.78, 5) is 7.86. The van der Waals surface area contributed by atoms with Crippen molar-refractivity contribution in [3.63, 3.8) is 0 Å². The zero-order valence-corrected chi connectivity index (χ0v) is 13.3. The van der Waals surface area contributed by atoms with Gasteiger partial charge in [0, 0.05) is 18.8 Å². The molecule has 0 aliphatic carbocycles. The van der Waals surface area contributed by atoms with Crippen molar-refractivity contribution in [2.24, 2.45) is 0 Å². The summed E-state index contributed by atoms with van der Waals surface area (Å²) in [6.45, 7) is 6.31. The lowest BCUT2D eigenvalue weighted by Gasteiger charge is -2.34. The van der Waals surface area contributed by atoms with Crippen LogP contribution in [0.1, 0.15) is 44.1 Å². The van der Waals surface area contributed by atoms with Gasteiger partial charge in [-0.1, -0.05) is 13.8 Å². The minimum Gasteiger partial charge on any atom is -0.364 e. The van der Waals surface area contributed by atoms with E-state index in [0.717, 1.165) is 28.3 Å². The standard InChI is InChI=1S/C14H16B3N5/c1-7(2)10-13-9(5-6-18-10)12-11(8(3)21(13)4)19-22(20-12)14(15,16)17/h5-8H,1-4H3. The summed E-state index contributed by atoms with van der Waals surface area (Å²) in [6, 6.07) is 1.97. The van der Waals surface area contributed by atoms with Crippen LogP contribution in [0, 0.1) is 0 Å². The number of nitrogens with zero attached hydrogens (tertiary/aromatic N) is 5. The van der Waals surface area contributed by atoms with E-state index in [4.69, 9.17) is 23.5 Å². The lowest BCUT2D eigenvalue weighted by atomic mass is 9.50. The monoisotopic (exact) mass is 287 g/mol. The minimum atomic E-state index is -1.62. The molecular weight excluding hydrogens is 271 g/mol. The molecule has 3 rings (SSSR count). The molecule has 22 heavy (non-hydrogen) atoms. The Hall–Kier alpha value is -1.72. The lowest BCUT2D eigenvalue weighted by Crippen LogP contribution is -2.37. The molecule has 1 unspecified atom stereocenters. The molecule has 1 aliphatic rings. The number of hydrogen-bond donors (Lipinski definition) is 0. The highest BCUT2D eigenvalue weighted by atomic mass is 15.5. The normalized spacial score (nSPS) is 17.5. The number of rotatable bonds is 2. The lowest BCUT2D eigenvalue weighted by molar-refractivity contribution is 0.562. The fourth-order valence-electron chi connectivity index (χ4n) is 2.80. The topological polar surface area (TPSA) is 46.8 Å². The summed E-state index contributed by atoms with van der Waals surface area (Å²) in [5.74, 6) is 0.304. The van der Waals surface area contributed by atoms with E-state index < -0.39 is 5.24 Å². The van der Waals surface area contributed by atoms with Gasteiger partial charge in [-0.15, -0.1) is 0 Å². The fourth-order valence-corrected chi connectivity index (χ4v) is 2.80. The van der Waals surface area contributed by atoms with Crippen molar-refractivity contribution in [2.75, 3.05) is 11.9 Å². The van der Waals surface area contributed by atoms with Gasteiger partial charge in [-0.25, -0.2) is 4.80 Å². The van der Waals surface area contributed by atoms with Crippen LogP contribution in [0.15, 0.2) is 12.3 Å². The van der Waals surface area contributed by atoms with Crippen LogP contribution in [-0.4, -0.2) is 50.6 Å². The summed E-state index contributed by atoms with van der Waals surface area (Å²) in [5.41, 5.74) is 4.65. The first-order valence-electron chi connectivity index (χ1n) is 7.28. The van der Waals surface area contributed by atoms with Crippen molar-refractivity contribution in [3.8, 4) is 11.3 Å². The van der Waals surface area contributed by atoms with Crippen LogP contribution in [0.3, 0.4) is 0 Å². The maximum Gasteiger partial charge on any atom is 0.120 e. The molecule has 0 amide bonds. The molecule has 0 bridgehead atoms. The molecular formula is C14H16B3N5. The predicted octanol–water partition coefficient (Wildman–Crippen LogP) is 1.05. The van der Waals surface area contributed by atoms with E-state index in [-0.39, 0.29) is 6.04 Å². The van der Waals surface area contributed by atoms with E-state index in [1.54, 1.807) is 6.20 Å². The molecule has 3 heterocycles. The third-order valence-corrected chi connectivity index (χ3v) is 4.07. The smallest absolute Gasteiger partial charge is 0.120 e. The highest BCUT2D eigenvalue weighted by molar-refractivity contribution is 6.56. The second-order valence-electron chi connectivity index (χ2n) is 6.14. The van der Waals surface area contributed by atoms with E-state index in [1.165, 1.54) is 4.80 Å². The van der Waals surface area contributed by atoms with Crippen molar-refractivity contribution in [3.05, 3.63) is 23.7 Å². The molecule has 1 aliphatic heterocycles. The third kappa shape index (κ3) is 2.16. The van der Waals surface area contributed by atoms with Crippen LogP contribution in [0.2, 0.25) is 0 Å². The number of pyridine rings is 1. The largest absolute Gasteiger partial charge is 0.364 e. The molecule has 2 aromatic rings. The van der Waals surface area contributed by atoms with Gasteiger partial charge in [0.05, 0.1) is 41.0 Å². The first kappa shape index (κ1) is 15.2. The first-order chi connectivity index (χ1) is 10.2. The van der Waals surface area contributed by atoms with E-state index in [0.29, 0.717) is 5.92 Å². The van der Waals surface area contributed by atoms with Gasteiger partial charge in [0.2, 0.25) is 0 Å². The quantitative estimate of drug-likeness (QED) is 0.774. The Morgan fingerprint density at radius 2 is 1.91 bits per heavy atom. The molecule has 8 heteroatoms. The van der Waals surface area contributed by atoms with Crippen LogP contribution >= 0.6 is 0 Å². The van der Waals surface area contributed by atoms with Crippen molar-refractivity contribution < 1.29 is 0 Å². The summed E-state index contributed by atoms with van der Waals surface area (Å²) in [7, 11) is 19.2. The van der Waals surface area contributed by atoms with Gasteiger partial charge in [-0.05, 0) is 24.1 Å². The number of anilines is 1. The van der Waals surface area contributed by atoms with Crippen LogP contribution in [-0.2, 0) is 5.24 Å². The Bertz CT molecular complexity index is 720. The summed E-state index contributed by atoms with van der Waals surface area (Å²) in [5, 5.41) is 7.20. The maximum absolute atomic E-state index is 5.71. The molecule has 5 nitrogen and oxygen atoms in total. The highest BCUT2D eigenvalue weighted by Gasteiger charge is 2.34. The van der Waals surface area contributed by atoms with Crippen molar-refractivity contribution in [2.45, 2.75) is 38.0 Å². The molecule has 0 spiro atoms. The van der Waals surface area contributed by atoms with E-state index in [2.05, 4.69) is 40.9 Å². The van der Waals surface area contributed by atoms with Crippen LogP contribution in [0.4, 0.5) is 5.69 Å². The Balaban J connectivity index is 2.27. The van der Waals surface area contributed by atoms with Gasteiger partial charge >= 0.3 is 0 Å². The minimum absolute atomic E-state index is 0.0281. The molecule has 0 saturated carbocycles. The van der Waals surface area contributed by atoms with Crippen molar-refractivity contribution in [1.29, 1.82) is 0 Å². The second kappa shape index (κ2) is 4.90. The number of hydrogen-bond acceptors (Lipinski definition) is 4. The SMILES string of the molecule is [B]C([B])([B])n1nc2c(n1)C(C)N(C)c1c-2ccnc1C(C)C. The molecule has 106 valence electrons. The molecule has 2 aromatic heterocycles.